The molecule has 0 aliphatic carbocycles. The van der Waals surface area contributed by atoms with E-state index in [1.54, 1.807) is 0 Å². The second kappa shape index (κ2) is 8.95. The maximum absolute atomic E-state index is 13.5. The monoisotopic (exact) mass is 361 g/mol. The third-order valence-electron chi connectivity index (χ3n) is 2.83. The second-order valence-electron chi connectivity index (χ2n) is 4.55. The molecule has 1 aromatic rings. The van der Waals surface area contributed by atoms with Crippen molar-refractivity contribution in [2.75, 3.05) is 25.6 Å². The van der Waals surface area contributed by atoms with Gasteiger partial charge in [-0.15, -0.1) is 0 Å². The zero-order chi connectivity index (χ0) is 19.0. The molecule has 0 aromatic heterocycles. The minimum Gasteiger partial charge on any atom is -0.497 e. The summed E-state index contributed by atoms with van der Waals surface area (Å²) in [7, 11) is 1.35. The van der Waals surface area contributed by atoms with Gasteiger partial charge in [-0.25, -0.2) is 9.59 Å². The Hall–Kier alpha value is -2.71. The lowest BCUT2D eigenvalue weighted by molar-refractivity contribution is -0.148. The lowest BCUT2D eigenvalue weighted by atomic mass is 10.1. The molecule has 0 saturated carbocycles. The van der Waals surface area contributed by atoms with Crippen LogP contribution < -0.4 is 10.1 Å². The molecule has 6 nitrogen and oxygen atoms in total. The number of hydrogen-bond acceptors (Lipinski definition) is 6. The molecule has 0 unspecified atom stereocenters. The van der Waals surface area contributed by atoms with Gasteiger partial charge in [-0.3, -0.25) is 0 Å². The van der Waals surface area contributed by atoms with Gasteiger partial charge >= 0.3 is 18.1 Å². The Labute approximate surface area is 142 Å². The molecule has 0 aliphatic heterocycles. The van der Waals surface area contributed by atoms with E-state index in [1.807, 2.05) is 5.32 Å². The van der Waals surface area contributed by atoms with Crippen LogP contribution in [0.1, 0.15) is 13.8 Å². The fourth-order valence-corrected chi connectivity index (χ4v) is 1.81. The predicted octanol–water partition coefficient (Wildman–Crippen LogP) is 3.05. The normalized spacial score (nSPS) is 10.6. The van der Waals surface area contributed by atoms with Crippen LogP contribution in [0.4, 0.5) is 18.9 Å². The Kier molecular flexibility index (Phi) is 7.28. The highest BCUT2D eigenvalue weighted by atomic mass is 19.4. The van der Waals surface area contributed by atoms with E-state index in [0.717, 1.165) is 0 Å². The van der Waals surface area contributed by atoms with Crippen molar-refractivity contribution in [2.45, 2.75) is 20.0 Å². The van der Waals surface area contributed by atoms with Gasteiger partial charge in [0.25, 0.3) is 0 Å². The molecule has 138 valence electrons. The van der Waals surface area contributed by atoms with Crippen LogP contribution in [-0.2, 0) is 19.1 Å². The second-order valence-corrected chi connectivity index (χ2v) is 4.55. The Bertz CT molecular complexity index is 635. The quantitative estimate of drug-likeness (QED) is 0.348. The maximum Gasteiger partial charge on any atom is 0.432 e. The minimum absolute atomic E-state index is 0.0298. The van der Waals surface area contributed by atoms with Crippen molar-refractivity contribution >= 4 is 17.6 Å². The van der Waals surface area contributed by atoms with Gasteiger partial charge in [0, 0.05) is 11.8 Å². The van der Waals surface area contributed by atoms with Gasteiger partial charge in [0.1, 0.15) is 11.4 Å². The first kappa shape index (κ1) is 20.3. The molecule has 0 atom stereocenters. The van der Waals surface area contributed by atoms with Crippen LogP contribution in [0.2, 0.25) is 0 Å². The molecule has 0 radical (unpaired) electrons. The molecule has 1 N–H and O–H groups in total. The van der Waals surface area contributed by atoms with Crippen molar-refractivity contribution in [1.29, 1.82) is 0 Å². The van der Waals surface area contributed by atoms with Crippen molar-refractivity contribution in [2.24, 2.45) is 0 Å². The molecule has 0 amide bonds. The van der Waals surface area contributed by atoms with Crippen molar-refractivity contribution in [1.82, 2.24) is 0 Å². The number of allylic oxidation sites excluding steroid dienone is 1. The zero-order valence-electron chi connectivity index (χ0n) is 13.9. The summed E-state index contributed by atoms with van der Waals surface area (Å²) in [5.41, 5.74) is -2.85. The summed E-state index contributed by atoms with van der Waals surface area (Å²) in [5.74, 6) is -2.56. The van der Waals surface area contributed by atoms with Gasteiger partial charge in [0.2, 0.25) is 0 Å². The molecule has 1 rings (SSSR count). The third-order valence-corrected chi connectivity index (χ3v) is 2.83. The van der Waals surface area contributed by atoms with Gasteiger partial charge in [-0.05, 0) is 26.0 Å². The molecule has 0 aliphatic rings. The van der Waals surface area contributed by atoms with Crippen LogP contribution in [0.15, 0.2) is 35.5 Å². The molecule has 0 bridgehead atoms. The number of benzene rings is 1. The van der Waals surface area contributed by atoms with E-state index in [1.165, 1.54) is 45.2 Å². The molecule has 0 saturated heterocycles. The fourth-order valence-electron chi connectivity index (χ4n) is 1.81. The minimum atomic E-state index is -5.03. The van der Waals surface area contributed by atoms with E-state index in [9.17, 15) is 22.8 Å². The average Bonchev–Trinajstić information content (AvgIpc) is 2.54. The van der Waals surface area contributed by atoms with Crippen molar-refractivity contribution in [3.8, 4) is 5.75 Å². The van der Waals surface area contributed by atoms with Crippen LogP contribution in [-0.4, -0.2) is 38.4 Å². The summed E-state index contributed by atoms with van der Waals surface area (Å²) >= 11 is 0. The predicted molar refractivity (Wildman–Crippen MR) is 83.0 cm³/mol. The molecule has 0 heterocycles. The van der Waals surface area contributed by atoms with Crippen molar-refractivity contribution in [3.05, 3.63) is 35.5 Å². The number of hydrogen-bond donors (Lipinski definition) is 1. The van der Waals surface area contributed by atoms with Crippen LogP contribution in [0.3, 0.4) is 0 Å². The molecule has 9 heteroatoms. The number of carbonyl (C=O) groups is 2. The van der Waals surface area contributed by atoms with Crippen molar-refractivity contribution in [3.63, 3.8) is 0 Å². The van der Waals surface area contributed by atoms with Crippen LogP contribution in [0.25, 0.3) is 0 Å². The molecular weight excluding hydrogens is 343 g/mol. The van der Waals surface area contributed by atoms with E-state index in [0.29, 0.717) is 5.75 Å². The first-order chi connectivity index (χ1) is 11.7. The number of alkyl halides is 3. The number of methoxy groups -OCH3 is 1. The van der Waals surface area contributed by atoms with Crippen molar-refractivity contribution < 1.29 is 37.0 Å². The molecule has 0 fully saturated rings. The van der Waals surface area contributed by atoms with E-state index in [2.05, 4.69) is 9.47 Å². The Balaban J connectivity index is 3.45. The summed E-state index contributed by atoms with van der Waals surface area (Å²) in [6.45, 7) is 2.41. The van der Waals surface area contributed by atoms with Gasteiger partial charge in [0.05, 0.1) is 20.3 Å². The number of rotatable bonds is 7. The van der Waals surface area contributed by atoms with Gasteiger partial charge in [-0.1, -0.05) is 6.07 Å². The first-order valence-corrected chi connectivity index (χ1v) is 7.31. The van der Waals surface area contributed by atoms with E-state index in [-0.39, 0.29) is 18.9 Å². The number of esters is 2. The van der Waals surface area contributed by atoms with E-state index >= 15 is 0 Å². The van der Waals surface area contributed by atoms with E-state index < -0.39 is 29.4 Å². The van der Waals surface area contributed by atoms with Crippen LogP contribution >= 0.6 is 0 Å². The molecule has 1 aromatic carbocycles. The number of nitrogens with one attached hydrogen (secondary N) is 1. The summed E-state index contributed by atoms with van der Waals surface area (Å²) in [4.78, 5) is 23.8. The number of anilines is 1. The SMILES string of the molecule is CCOC(=O)C(C(=O)OCC)=C(Nc1cccc(OC)c1)C(F)(F)F. The lowest BCUT2D eigenvalue weighted by Crippen LogP contribution is -2.29. The highest BCUT2D eigenvalue weighted by Crippen LogP contribution is 2.31. The van der Waals surface area contributed by atoms with Gasteiger partial charge < -0.3 is 19.5 Å². The van der Waals surface area contributed by atoms with Crippen LogP contribution in [0.5, 0.6) is 5.75 Å². The Morgan fingerprint density at radius 2 is 1.64 bits per heavy atom. The first-order valence-electron chi connectivity index (χ1n) is 7.31. The fraction of sp³-hybridized carbons (Fsp3) is 0.375. The summed E-state index contributed by atoms with van der Waals surface area (Å²) in [6.07, 6.45) is -5.03. The maximum atomic E-state index is 13.5. The topological polar surface area (TPSA) is 73.9 Å². The highest BCUT2D eigenvalue weighted by molar-refractivity contribution is 6.15. The molecule has 25 heavy (non-hydrogen) atoms. The van der Waals surface area contributed by atoms with E-state index in [4.69, 9.17) is 4.74 Å². The molecule has 0 spiro atoms. The Morgan fingerprint density at radius 3 is 2.08 bits per heavy atom. The summed E-state index contributed by atoms with van der Waals surface area (Å²) < 4.78 is 54.5. The zero-order valence-corrected chi connectivity index (χ0v) is 13.9. The molecular formula is C16H18F3NO5. The Morgan fingerprint density at radius 1 is 1.08 bits per heavy atom. The van der Waals surface area contributed by atoms with Gasteiger partial charge in [0.15, 0.2) is 5.57 Å². The number of halogens is 3. The van der Waals surface area contributed by atoms with Crippen LogP contribution in [0, 0.1) is 0 Å². The van der Waals surface area contributed by atoms with Gasteiger partial charge in [-0.2, -0.15) is 13.2 Å². The number of carbonyl (C=O) groups excluding carboxylic acids is 2. The largest absolute Gasteiger partial charge is 0.497 e. The summed E-state index contributed by atoms with van der Waals surface area (Å²) in [5, 5.41) is 2.05. The third kappa shape index (κ3) is 5.70. The smallest absolute Gasteiger partial charge is 0.432 e. The average molecular weight is 361 g/mol. The number of ether oxygens (including phenoxy) is 3. The highest BCUT2D eigenvalue weighted by Gasteiger charge is 2.42. The lowest BCUT2D eigenvalue weighted by Gasteiger charge is -2.18. The summed E-state index contributed by atoms with van der Waals surface area (Å²) in [6, 6.07) is 5.57. The standard InChI is InChI=1S/C16H18F3NO5/c1-4-24-14(21)12(15(22)25-5-2)13(16(17,18)19)20-10-7-6-8-11(9-10)23-3/h6-9,20H,4-5H2,1-3H3.